The number of likely N-dealkylation sites (tertiary alicyclic amines) is 1. The van der Waals surface area contributed by atoms with E-state index in [-0.39, 0.29) is 17.4 Å². The van der Waals surface area contributed by atoms with Gasteiger partial charge in [-0.1, -0.05) is 24.3 Å². The maximum atomic E-state index is 12.6. The number of likely N-dealkylation sites (N-methyl/N-ethyl adjacent to an activating group) is 1. The summed E-state index contributed by atoms with van der Waals surface area (Å²) in [5.74, 6) is 1.04. The van der Waals surface area contributed by atoms with Crippen LogP contribution in [0, 0.1) is 5.41 Å². The van der Waals surface area contributed by atoms with E-state index in [1.165, 1.54) is 0 Å². The Kier molecular flexibility index (Phi) is 6.84. The monoisotopic (exact) mass is 499 g/mol. The second-order valence-electron chi connectivity index (χ2n) is 10.4. The van der Waals surface area contributed by atoms with Gasteiger partial charge in [0.1, 0.15) is 17.2 Å². The highest BCUT2D eigenvalue weighted by molar-refractivity contribution is 5.98. The van der Waals surface area contributed by atoms with Crippen LogP contribution in [0.4, 0.5) is 0 Å². The van der Waals surface area contributed by atoms with Gasteiger partial charge < -0.3 is 20.3 Å². The maximum absolute atomic E-state index is 12.6. The van der Waals surface area contributed by atoms with Crippen molar-refractivity contribution >= 4 is 11.8 Å². The number of hydrogen-bond acceptors (Lipinski definition) is 5. The Bertz CT molecular complexity index is 1290. The van der Waals surface area contributed by atoms with Crippen LogP contribution in [0.3, 0.4) is 0 Å². The van der Waals surface area contributed by atoms with Gasteiger partial charge in [-0.05, 0) is 75.2 Å². The maximum Gasteiger partial charge on any atom is 0.252 e. The molecule has 192 valence electrons. The Morgan fingerprint density at radius 1 is 1.11 bits per heavy atom. The minimum absolute atomic E-state index is 0.0826. The van der Waals surface area contributed by atoms with Gasteiger partial charge in [0.2, 0.25) is 5.91 Å². The molecule has 8 heteroatoms. The first kappa shape index (κ1) is 24.8. The Hall–Kier alpha value is -3.91. The van der Waals surface area contributed by atoms with E-state index in [9.17, 15) is 9.59 Å². The highest BCUT2D eigenvalue weighted by atomic mass is 16.5. The predicted octanol–water partition coefficient (Wildman–Crippen LogP) is 4.11. The third-order valence-electron chi connectivity index (χ3n) is 7.30. The molecule has 0 radical (unpaired) electrons. The van der Waals surface area contributed by atoms with Crippen LogP contribution in [-0.4, -0.2) is 65.1 Å². The van der Waals surface area contributed by atoms with Gasteiger partial charge in [-0.15, -0.1) is 0 Å². The number of benzene rings is 2. The number of para-hydroxylation sites is 1. The molecule has 1 saturated carbocycles. The van der Waals surface area contributed by atoms with Gasteiger partial charge in [-0.3, -0.25) is 14.3 Å². The lowest BCUT2D eigenvalue weighted by atomic mass is 9.65. The molecule has 3 aromatic rings. The van der Waals surface area contributed by atoms with Gasteiger partial charge in [0.05, 0.1) is 11.6 Å². The summed E-state index contributed by atoms with van der Waals surface area (Å²) in [6.07, 6.45) is 8.22. The third-order valence-corrected chi connectivity index (χ3v) is 7.30. The van der Waals surface area contributed by atoms with E-state index < -0.39 is 5.91 Å². The summed E-state index contributed by atoms with van der Waals surface area (Å²) in [5.41, 5.74) is 7.64. The number of nitrogens with two attached hydrogens (primary N) is 1. The highest BCUT2D eigenvalue weighted by Gasteiger charge is 2.50. The average Bonchev–Trinajstić information content (AvgIpc) is 3.50. The summed E-state index contributed by atoms with van der Waals surface area (Å²) in [6.45, 7) is 2.31. The standard InChI is InChI=1S/C29H33N5O3/c1-32(2)15-6-9-26(35)33-16-14-29(20-33)17-22(18-29)34-19-25(28(30)36)27(31-34)21-10-12-24(13-11-21)37-23-7-4-3-5-8-23/h3-13,19,22H,14-18,20H2,1-2H3,(H2,30,36). The molecule has 1 aliphatic heterocycles. The molecule has 2 aliphatic rings. The van der Waals surface area contributed by atoms with E-state index in [4.69, 9.17) is 15.6 Å². The van der Waals surface area contributed by atoms with Gasteiger partial charge in [0.25, 0.3) is 5.91 Å². The molecule has 2 heterocycles. The minimum atomic E-state index is -0.498. The minimum Gasteiger partial charge on any atom is -0.457 e. The molecule has 1 saturated heterocycles. The van der Waals surface area contributed by atoms with E-state index in [0.29, 0.717) is 17.0 Å². The third kappa shape index (κ3) is 5.44. The first-order valence-electron chi connectivity index (χ1n) is 12.6. The molecular formula is C29H33N5O3. The average molecular weight is 500 g/mol. The molecule has 8 nitrogen and oxygen atoms in total. The molecule has 0 unspecified atom stereocenters. The topological polar surface area (TPSA) is 93.7 Å². The van der Waals surface area contributed by atoms with Crippen molar-refractivity contribution in [1.29, 1.82) is 0 Å². The molecule has 2 N–H and O–H groups in total. The molecule has 1 aliphatic carbocycles. The number of primary amides is 1. The lowest BCUT2D eigenvalue weighted by Gasteiger charge is -2.45. The van der Waals surface area contributed by atoms with Crippen LogP contribution in [0.1, 0.15) is 35.7 Å². The Morgan fingerprint density at radius 3 is 2.49 bits per heavy atom. The molecule has 2 aromatic carbocycles. The molecule has 2 amide bonds. The van der Waals surface area contributed by atoms with Crippen LogP contribution < -0.4 is 10.5 Å². The summed E-state index contributed by atoms with van der Waals surface area (Å²) in [6, 6.07) is 17.3. The number of ether oxygens (including phenoxy) is 1. The molecule has 37 heavy (non-hydrogen) atoms. The fraction of sp³-hybridized carbons (Fsp3) is 0.345. The van der Waals surface area contributed by atoms with Crippen molar-refractivity contribution in [3.63, 3.8) is 0 Å². The van der Waals surface area contributed by atoms with Crippen molar-refractivity contribution in [3.05, 3.63) is 78.5 Å². The predicted molar refractivity (Wildman–Crippen MR) is 142 cm³/mol. The van der Waals surface area contributed by atoms with E-state index in [1.54, 1.807) is 12.3 Å². The number of nitrogens with zero attached hydrogens (tertiary/aromatic N) is 4. The van der Waals surface area contributed by atoms with E-state index in [0.717, 1.165) is 50.2 Å². The van der Waals surface area contributed by atoms with Crippen LogP contribution in [0.2, 0.25) is 0 Å². The molecule has 1 aromatic heterocycles. The summed E-state index contributed by atoms with van der Waals surface area (Å²) >= 11 is 0. The number of carbonyl (C=O) groups is 2. The summed E-state index contributed by atoms with van der Waals surface area (Å²) in [7, 11) is 3.96. The zero-order valence-electron chi connectivity index (χ0n) is 21.3. The van der Waals surface area contributed by atoms with Crippen LogP contribution in [0.15, 0.2) is 72.9 Å². The fourth-order valence-corrected chi connectivity index (χ4v) is 5.33. The Morgan fingerprint density at radius 2 is 1.81 bits per heavy atom. The van der Waals surface area contributed by atoms with Crippen LogP contribution in [0.25, 0.3) is 11.3 Å². The number of aromatic nitrogens is 2. The lowest BCUT2D eigenvalue weighted by molar-refractivity contribution is -0.125. The molecule has 0 bridgehead atoms. The number of hydrogen-bond donors (Lipinski definition) is 1. The molecule has 5 rings (SSSR count). The SMILES string of the molecule is CN(C)CC=CC(=O)N1CCC2(CC(n3cc(C(N)=O)c(-c4ccc(Oc5ccccc5)cc4)n3)C2)C1. The summed E-state index contributed by atoms with van der Waals surface area (Å²) in [5, 5.41) is 4.78. The van der Waals surface area contributed by atoms with Crippen molar-refractivity contribution < 1.29 is 14.3 Å². The zero-order valence-corrected chi connectivity index (χ0v) is 21.3. The second-order valence-corrected chi connectivity index (χ2v) is 10.4. The van der Waals surface area contributed by atoms with Gasteiger partial charge in [0, 0.05) is 37.5 Å². The van der Waals surface area contributed by atoms with E-state index >= 15 is 0 Å². The van der Waals surface area contributed by atoms with Gasteiger partial charge >= 0.3 is 0 Å². The van der Waals surface area contributed by atoms with Crippen molar-refractivity contribution in [2.75, 3.05) is 33.7 Å². The highest BCUT2D eigenvalue weighted by Crippen LogP contribution is 2.54. The quantitative estimate of drug-likeness (QED) is 0.471. The Labute approximate surface area is 217 Å². The lowest BCUT2D eigenvalue weighted by Crippen LogP contribution is -2.41. The first-order valence-corrected chi connectivity index (χ1v) is 12.6. The van der Waals surface area contributed by atoms with Crippen molar-refractivity contribution in [3.8, 4) is 22.8 Å². The molecule has 0 atom stereocenters. The van der Waals surface area contributed by atoms with E-state index in [2.05, 4.69) is 0 Å². The van der Waals surface area contributed by atoms with Crippen molar-refractivity contribution in [2.24, 2.45) is 11.1 Å². The van der Waals surface area contributed by atoms with Gasteiger partial charge in [-0.2, -0.15) is 5.10 Å². The Balaban J connectivity index is 1.25. The van der Waals surface area contributed by atoms with Gasteiger partial charge in [0.15, 0.2) is 0 Å². The van der Waals surface area contributed by atoms with Crippen LogP contribution in [0.5, 0.6) is 11.5 Å². The number of amides is 2. The fourth-order valence-electron chi connectivity index (χ4n) is 5.33. The molecule has 1 spiro atoms. The zero-order chi connectivity index (χ0) is 26.0. The molecular weight excluding hydrogens is 466 g/mol. The largest absolute Gasteiger partial charge is 0.457 e. The summed E-state index contributed by atoms with van der Waals surface area (Å²) in [4.78, 5) is 28.8. The number of carbonyl (C=O) groups excluding carboxylic acids is 2. The smallest absolute Gasteiger partial charge is 0.252 e. The van der Waals surface area contributed by atoms with Gasteiger partial charge in [-0.25, -0.2) is 0 Å². The van der Waals surface area contributed by atoms with Crippen LogP contribution in [-0.2, 0) is 4.79 Å². The van der Waals surface area contributed by atoms with Crippen molar-refractivity contribution in [2.45, 2.75) is 25.3 Å². The first-order chi connectivity index (χ1) is 17.8. The summed E-state index contributed by atoms with van der Waals surface area (Å²) < 4.78 is 7.76. The second kappa shape index (κ2) is 10.2. The normalized spacial score (nSPS) is 21.1. The van der Waals surface area contributed by atoms with E-state index in [1.807, 2.05) is 89.3 Å². The van der Waals surface area contributed by atoms with Crippen LogP contribution >= 0.6 is 0 Å². The molecule has 2 fully saturated rings. The number of rotatable bonds is 8. The van der Waals surface area contributed by atoms with Crippen molar-refractivity contribution in [1.82, 2.24) is 19.6 Å².